The van der Waals surface area contributed by atoms with E-state index < -0.39 is 0 Å². The highest BCUT2D eigenvalue weighted by Gasteiger charge is 2.30. The summed E-state index contributed by atoms with van der Waals surface area (Å²) >= 11 is 0. The maximum Gasteiger partial charge on any atom is 0.104 e. The number of aromatic nitrogens is 2. The molecule has 4 heteroatoms. The van der Waals surface area contributed by atoms with Crippen molar-refractivity contribution in [1.29, 1.82) is 0 Å². The monoisotopic (exact) mass is 288 g/mol. The van der Waals surface area contributed by atoms with Gasteiger partial charge in [0.1, 0.15) is 6.10 Å². The first-order valence-corrected chi connectivity index (χ1v) is 7.78. The average Bonchev–Trinajstić information content (AvgIpc) is 3.18. The number of pyridine rings is 1. The Kier molecular flexibility index (Phi) is 4.00. The molecule has 1 fully saturated rings. The van der Waals surface area contributed by atoms with Crippen LogP contribution in [-0.4, -0.2) is 28.9 Å². The predicted molar refractivity (Wildman–Crippen MR) is 82.6 cm³/mol. The van der Waals surface area contributed by atoms with Crippen LogP contribution in [0.5, 0.6) is 0 Å². The zero-order valence-electron chi connectivity index (χ0n) is 13.2. The van der Waals surface area contributed by atoms with E-state index in [-0.39, 0.29) is 12.2 Å². The van der Waals surface area contributed by atoms with Gasteiger partial charge >= 0.3 is 0 Å². The Morgan fingerprint density at radius 2 is 2.10 bits per heavy atom. The van der Waals surface area contributed by atoms with E-state index in [1.165, 1.54) is 5.56 Å². The second kappa shape index (κ2) is 5.78. The van der Waals surface area contributed by atoms with Crippen LogP contribution in [0.1, 0.15) is 51.0 Å². The van der Waals surface area contributed by atoms with Gasteiger partial charge in [0.25, 0.3) is 0 Å². The highest BCUT2D eigenvalue weighted by molar-refractivity contribution is 5.58. The highest BCUT2D eigenvalue weighted by atomic mass is 16.6. The molecule has 2 aromatic heterocycles. The minimum absolute atomic E-state index is 0.0616. The van der Waals surface area contributed by atoms with Gasteiger partial charge in [-0.2, -0.15) is 5.10 Å². The van der Waals surface area contributed by atoms with E-state index in [9.17, 15) is 0 Å². The zero-order valence-corrected chi connectivity index (χ0v) is 13.2. The van der Waals surface area contributed by atoms with Crippen molar-refractivity contribution in [3.05, 3.63) is 35.7 Å². The summed E-state index contributed by atoms with van der Waals surface area (Å²) in [6.45, 7) is 10.3. The third-order valence-corrected chi connectivity index (χ3v) is 3.91. The standard InChI is InChI=1S/C17H24N2O2/c1-11(2)16-15(14-7-5-6-8-19(14)18-16)17(12(3)4)21-10-13-9-20-13/h5-8,11-13,17H,9-10H2,1-4H3. The Morgan fingerprint density at radius 1 is 1.33 bits per heavy atom. The fraction of sp³-hybridized carbons (Fsp3) is 0.588. The summed E-state index contributed by atoms with van der Waals surface area (Å²) in [6.07, 6.45) is 2.36. The molecule has 0 N–H and O–H groups in total. The number of rotatable bonds is 6. The summed E-state index contributed by atoms with van der Waals surface area (Å²) in [5, 5.41) is 4.76. The van der Waals surface area contributed by atoms with Gasteiger partial charge in [-0.3, -0.25) is 0 Å². The second-order valence-corrected chi connectivity index (χ2v) is 6.44. The summed E-state index contributed by atoms with van der Waals surface area (Å²) in [4.78, 5) is 0. The molecule has 1 aliphatic rings. The topological polar surface area (TPSA) is 39.1 Å². The Hall–Kier alpha value is -1.39. The van der Waals surface area contributed by atoms with Crippen LogP contribution < -0.4 is 0 Å². The van der Waals surface area contributed by atoms with Gasteiger partial charge in [0.15, 0.2) is 0 Å². The van der Waals surface area contributed by atoms with E-state index in [4.69, 9.17) is 14.6 Å². The molecule has 0 radical (unpaired) electrons. The first kappa shape index (κ1) is 14.5. The van der Waals surface area contributed by atoms with Crippen molar-refractivity contribution in [3.8, 4) is 0 Å². The molecule has 21 heavy (non-hydrogen) atoms. The molecule has 2 atom stereocenters. The SMILES string of the molecule is CC(C)c1nn2ccccc2c1C(OCC1CO1)C(C)C. The van der Waals surface area contributed by atoms with Crippen LogP contribution in [0.4, 0.5) is 0 Å². The van der Waals surface area contributed by atoms with Crippen molar-refractivity contribution in [1.82, 2.24) is 9.61 Å². The lowest BCUT2D eigenvalue weighted by Gasteiger charge is -2.22. The van der Waals surface area contributed by atoms with Gasteiger partial charge in [-0.05, 0) is 24.0 Å². The van der Waals surface area contributed by atoms with Crippen LogP contribution in [0.15, 0.2) is 24.4 Å². The molecule has 0 spiro atoms. The maximum atomic E-state index is 6.19. The van der Waals surface area contributed by atoms with Crippen molar-refractivity contribution >= 4 is 5.52 Å². The normalized spacial score (nSPS) is 19.6. The van der Waals surface area contributed by atoms with E-state index in [1.807, 2.05) is 16.8 Å². The number of hydrogen-bond donors (Lipinski definition) is 0. The smallest absolute Gasteiger partial charge is 0.104 e. The summed E-state index contributed by atoms with van der Waals surface area (Å²) < 4.78 is 13.4. The third kappa shape index (κ3) is 2.97. The van der Waals surface area contributed by atoms with Gasteiger partial charge in [0.05, 0.1) is 30.5 Å². The zero-order chi connectivity index (χ0) is 15.0. The molecule has 2 aromatic rings. The summed E-state index contributed by atoms with van der Waals surface area (Å²) in [5.41, 5.74) is 3.52. The van der Waals surface area contributed by atoms with Gasteiger partial charge in [-0.1, -0.05) is 33.8 Å². The quantitative estimate of drug-likeness (QED) is 0.763. The van der Waals surface area contributed by atoms with E-state index >= 15 is 0 Å². The lowest BCUT2D eigenvalue weighted by Crippen LogP contribution is -2.16. The minimum Gasteiger partial charge on any atom is -0.371 e. The molecule has 3 rings (SSSR count). The molecule has 0 aliphatic carbocycles. The molecular weight excluding hydrogens is 264 g/mol. The van der Waals surface area contributed by atoms with E-state index in [0.29, 0.717) is 18.4 Å². The van der Waals surface area contributed by atoms with Crippen LogP contribution in [0.2, 0.25) is 0 Å². The second-order valence-electron chi connectivity index (χ2n) is 6.44. The van der Waals surface area contributed by atoms with E-state index in [1.54, 1.807) is 0 Å². The van der Waals surface area contributed by atoms with Gasteiger partial charge in [-0.15, -0.1) is 0 Å². The Labute approximate surface area is 126 Å². The number of epoxide rings is 1. The number of nitrogens with zero attached hydrogens (tertiary/aromatic N) is 2. The summed E-state index contributed by atoms with van der Waals surface area (Å²) in [7, 11) is 0. The summed E-state index contributed by atoms with van der Waals surface area (Å²) in [6, 6.07) is 6.20. The Balaban J connectivity index is 2.02. The Bertz CT molecular complexity index is 614. The Morgan fingerprint density at radius 3 is 2.71 bits per heavy atom. The summed E-state index contributed by atoms with van der Waals surface area (Å²) in [5.74, 6) is 0.774. The van der Waals surface area contributed by atoms with Gasteiger partial charge in [0.2, 0.25) is 0 Å². The molecule has 3 heterocycles. The van der Waals surface area contributed by atoms with Crippen molar-refractivity contribution in [2.75, 3.05) is 13.2 Å². The van der Waals surface area contributed by atoms with E-state index in [2.05, 4.69) is 39.8 Å². The molecule has 0 saturated carbocycles. The average molecular weight is 288 g/mol. The fourth-order valence-corrected chi connectivity index (χ4v) is 2.74. The molecule has 0 amide bonds. The lowest BCUT2D eigenvalue weighted by molar-refractivity contribution is 0.0127. The number of ether oxygens (including phenoxy) is 2. The van der Waals surface area contributed by atoms with Gasteiger partial charge in [0, 0.05) is 11.8 Å². The molecular formula is C17H24N2O2. The van der Waals surface area contributed by atoms with Gasteiger partial charge < -0.3 is 9.47 Å². The molecule has 114 valence electrons. The first-order chi connectivity index (χ1) is 10.1. The molecule has 2 unspecified atom stereocenters. The lowest BCUT2D eigenvalue weighted by atomic mass is 9.93. The highest BCUT2D eigenvalue weighted by Crippen LogP contribution is 2.35. The number of hydrogen-bond acceptors (Lipinski definition) is 3. The molecule has 1 saturated heterocycles. The predicted octanol–water partition coefficient (Wildman–Crippen LogP) is 3.57. The minimum atomic E-state index is 0.0616. The van der Waals surface area contributed by atoms with Crippen LogP contribution in [-0.2, 0) is 9.47 Å². The molecule has 1 aliphatic heterocycles. The van der Waals surface area contributed by atoms with Crippen molar-refractivity contribution in [2.45, 2.75) is 45.8 Å². The fourth-order valence-electron chi connectivity index (χ4n) is 2.74. The third-order valence-electron chi connectivity index (χ3n) is 3.91. The van der Waals surface area contributed by atoms with Crippen LogP contribution in [0, 0.1) is 5.92 Å². The van der Waals surface area contributed by atoms with Crippen LogP contribution >= 0.6 is 0 Å². The first-order valence-electron chi connectivity index (χ1n) is 7.78. The van der Waals surface area contributed by atoms with Crippen molar-refractivity contribution in [3.63, 3.8) is 0 Å². The van der Waals surface area contributed by atoms with Gasteiger partial charge in [-0.25, -0.2) is 4.52 Å². The van der Waals surface area contributed by atoms with Crippen LogP contribution in [0.25, 0.3) is 5.52 Å². The number of fused-ring (bicyclic) bond motifs is 1. The van der Waals surface area contributed by atoms with Crippen molar-refractivity contribution in [2.24, 2.45) is 5.92 Å². The maximum absolute atomic E-state index is 6.19. The molecule has 4 nitrogen and oxygen atoms in total. The molecule has 0 aromatic carbocycles. The van der Waals surface area contributed by atoms with E-state index in [0.717, 1.165) is 17.8 Å². The van der Waals surface area contributed by atoms with Crippen LogP contribution in [0.3, 0.4) is 0 Å². The van der Waals surface area contributed by atoms with Crippen molar-refractivity contribution < 1.29 is 9.47 Å². The molecule has 0 bridgehead atoms. The largest absolute Gasteiger partial charge is 0.371 e.